The summed E-state index contributed by atoms with van der Waals surface area (Å²) in [7, 11) is 0. The number of carbonyl (C=O) groups excluding carboxylic acids is 1. The Bertz CT molecular complexity index is 507. The molecule has 2 fully saturated rings. The Labute approximate surface area is 162 Å². The Kier molecular flexibility index (Phi) is 9.21. The van der Waals surface area contributed by atoms with Crippen molar-refractivity contribution in [1.29, 1.82) is 0 Å². The predicted molar refractivity (Wildman–Crippen MR) is 102 cm³/mol. The van der Waals surface area contributed by atoms with Crippen LogP contribution in [-0.4, -0.2) is 52.9 Å². The summed E-state index contributed by atoms with van der Waals surface area (Å²) in [5.41, 5.74) is 6.06. The number of nitrogens with zero attached hydrogens (tertiary/aromatic N) is 3. The molecule has 8 heteroatoms. The molecule has 1 unspecified atom stereocenters. The quantitative estimate of drug-likeness (QED) is 0.833. The second-order valence-electron chi connectivity index (χ2n) is 7.00. The van der Waals surface area contributed by atoms with Crippen LogP contribution < -0.4 is 5.73 Å². The van der Waals surface area contributed by atoms with Gasteiger partial charge < -0.3 is 15.4 Å². The number of nitrogens with two attached hydrogens (primary N) is 1. The van der Waals surface area contributed by atoms with Gasteiger partial charge in [0.15, 0.2) is 0 Å². The molecule has 2 N–H and O–H groups in total. The highest BCUT2D eigenvalue weighted by atomic mass is 35.5. The number of hydrogen-bond acceptors (Lipinski definition) is 4. The van der Waals surface area contributed by atoms with Crippen LogP contribution in [0.4, 0.5) is 0 Å². The lowest BCUT2D eigenvalue weighted by Gasteiger charge is -2.39. The van der Waals surface area contributed by atoms with Gasteiger partial charge in [-0.3, -0.25) is 9.48 Å². The average Bonchev–Trinajstić information content (AvgIpc) is 3.09. The van der Waals surface area contributed by atoms with Crippen molar-refractivity contribution in [1.82, 2.24) is 14.7 Å². The number of morpholine rings is 1. The van der Waals surface area contributed by atoms with Crippen LogP contribution in [0.25, 0.3) is 0 Å². The molecule has 6 nitrogen and oxygen atoms in total. The predicted octanol–water partition coefficient (Wildman–Crippen LogP) is 2.25. The van der Waals surface area contributed by atoms with Crippen LogP contribution >= 0.6 is 24.8 Å². The van der Waals surface area contributed by atoms with Gasteiger partial charge in [0.05, 0.1) is 19.3 Å². The third kappa shape index (κ3) is 5.84. The highest BCUT2D eigenvalue weighted by molar-refractivity contribution is 5.85. The van der Waals surface area contributed by atoms with E-state index >= 15 is 0 Å². The molecule has 1 aliphatic carbocycles. The first-order valence-electron chi connectivity index (χ1n) is 8.78. The highest BCUT2D eigenvalue weighted by Crippen LogP contribution is 2.38. The maximum absolute atomic E-state index is 12.8. The van der Waals surface area contributed by atoms with Crippen LogP contribution in [0.2, 0.25) is 0 Å². The highest BCUT2D eigenvalue weighted by Gasteiger charge is 2.35. The van der Waals surface area contributed by atoms with Gasteiger partial charge in [-0.15, -0.1) is 24.8 Å². The van der Waals surface area contributed by atoms with Crippen LogP contribution in [0, 0.1) is 5.41 Å². The minimum absolute atomic E-state index is 0. The van der Waals surface area contributed by atoms with E-state index in [9.17, 15) is 4.79 Å². The van der Waals surface area contributed by atoms with E-state index < -0.39 is 0 Å². The maximum atomic E-state index is 12.8. The van der Waals surface area contributed by atoms with E-state index in [0.29, 0.717) is 39.2 Å². The minimum Gasteiger partial charge on any atom is -0.373 e. The molecule has 1 aromatic rings. The zero-order chi connectivity index (χ0) is 16.1. The fourth-order valence-corrected chi connectivity index (χ4v) is 3.86. The lowest BCUT2D eigenvalue weighted by Crippen LogP contribution is -2.49. The average molecular weight is 393 g/mol. The van der Waals surface area contributed by atoms with Gasteiger partial charge in [0.2, 0.25) is 5.91 Å². The van der Waals surface area contributed by atoms with Crippen molar-refractivity contribution in [3.63, 3.8) is 0 Å². The summed E-state index contributed by atoms with van der Waals surface area (Å²) in [6, 6.07) is 1.90. The number of ether oxygens (including phenoxy) is 1. The molecule has 0 spiro atoms. The van der Waals surface area contributed by atoms with E-state index in [-0.39, 0.29) is 42.2 Å². The topological polar surface area (TPSA) is 73.4 Å². The van der Waals surface area contributed by atoms with Crippen molar-refractivity contribution in [2.24, 2.45) is 11.1 Å². The SMILES string of the molecule is Cl.Cl.NCC1(CC(=O)N2CCOC(Cn3cccn3)C2)CCCCC1. The maximum Gasteiger partial charge on any atom is 0.223 e. The summed E-state index contributed by atoms with van der Waals surface area (Å²) in [5, 5.41) is 4.21. The first-order chi connectivity index (χ1) is 11.2. The molecular weight excluding hydrogens is 363 g/mol. The number of halogens is 2. The molecular formula is C17H30Cl2N4O2. The van der Waals surface area contributed by atoms with Gasteiger partial charge in [-0.25, -0.2) is 0 Å². The summed E-state index contributed by atoms with van der Waals surface area (Å²) >= 11 is 0. The van der Waals surface area contributed by atoms with Crippen molar-refractivity contribution >= 4 is 30.7 Å². The van der Waals surface area contributed by atoms with Gasteiger partial charge in [-0.1, -0.05) is 19.3 Å². The van der Waals surface area contributed by atoms with E-state index in [4.69, 9.17) is 10.5 Å². The molecule has 1 saturated carbocycles. The first-order valence-corrected chi connectivity index (χ1v) is 8.78. The molecule has 25 heavy (non-hydrogen) atoms. The fourth-order valence-electron chi connectivity index (χ4n) is 3.86. The monoisotopic (exact) mass is 392 g/mol. The van der Waals surface area contributed by atoms with Gasteiger partial charge in [0.1, 0.15) is 0 Å². The Morgan fingerprint density at radius 1 is 1.28 bits per heavy atom. The zero-order valence-electron chi connectivity index (χ0n) is 14.6. The van der Waals surface area contributed by atoms with Crippen molar-refractivity contribution < 1.29 is 9.53 Å². The second-order valence-corrected chi connectivity index (χ2v) is 7.00. The number of hydrogen-bond donors (Lipinski definition) is 1. The number of aromatic nitrogens is 2. The van der Waals surface area contributed by atoms with E-state index in [2.05, 4.69) is 5.10 Å². The molecule has 0 bridgehead atoms. The van der Waals surface area contributed by atoms with Crippen LogP contribution in [0.3, 0.4) is 0 Å². The summed E-state index contributed by atoms with van der Waals surface area (Å²) < 4.78 is 7.66. The van der Waals surface area contributed by atoms with Gasteiger partial charge in [0.25, 0.3) is 0 Å². The molecule has 144 valence electrons. The third-order valence-electron chi connectivity index (χ3n) is 5.31. The summed E-state index contributed by atoms with van der Waals surface area (Å²) in [5.74, 6) is 0.242. The first kappa shape index (κ1) is 22.2. The number of amides is 1. The smallest absolute Gasteiger partial charge is 0.223 e. The van der Waals surface area contributed by atoms with Gasteiger partial charge in [-0.05, 0) is 30.9 Å². The largest absolute Gasteiger partial charge is 0.373 e. The molecule has 2 heterocycles. The Morgan fingerprint density at radius 3 is 2.68 bits per heavy atom. The molecule has 1 atom stereocenters. The molecule has 3 rings (SSSR count). The number of rotatable bonds is 5. The Balaban J connectivity index is 0.00000156. The molecule has 1 aromatic heterocycles. The Hall–Kier alpha value is -0.820. The zero-order valence-corrected chi connectivity index (χ0v) is 16.3. The van der Waals surface area contributed by atoms with E-state index in [0.717, 1.165) is 12.8 Å². The molecule has 0 aromatic carbocycles. The summed E-state index contributed by atoms with van der Waals surface area (Å²) in [6.07, 6.45) is 10.2. The Morgan fingerprint density at radius 2 is 2.04 bits per heavy atom. The number of carbonyl (C=O) groups is 1. The van der Waals surface area contributed by atoms with E-state index in [1.54, 1.807) is 6.20 Å². The van der Waals surface area contributed by atoms with Crippen molar-refractivity contribution in [3.05, 3.63) is 18.5 Å². The van der Waals surface area contributed by atoms with Crippen LogP contribution in [0.1, 0.15) is 38.5 Å². The van der Waals surface area contributed by atoms with Crippen molar-refractivity contribution in [2.45, 2.75) is 51.2 Å². The normalized spacial score (nSPS) is 22.6. The van der Waals surface area contributed by atoms with E-state index in [1.807, 2.05) is 21.8 Å². The summed E-state index contributed by atoms with van der Waals surface area (Å²) in [6.45, 7) is 3.26. The van der Waals surface area contributed by atoms with Crippen LogP contribution in [-0.2, 0) is 16.1 Å². The van der Waals surface area contributed by atoms with Crippen molar-refractivity contribution in [3.8, 4) is 0 Å². The second kappa shape index (κ2) is 10.4. The molecule has 1 amide bonds. The van der Waals surface area contributed by atoms with Gasteiger partial charge in [-0.2, -0.15) is 5.10 Å². The van der Waals surface area contributed by atoms with Gasteiger partial charge in [0, 0.05) is 31.9 Å². The van der Waals surface area contributed by atoms with E-state index in [1.165, 1.54) is 19.3 Å². The molecule has 1 aliphatic heterocycles. The van der Waals surface area contributed by atoms with Crippen molar-refractivity contribution in [2.75, 3.05) is 26.2 Å². The lowest BCUT2D eigenvalue weighted by molar-refractivity contribution is -0.142. The minimum atomic E-state index is 0. The lowest BCUT2D eigenvalue weighted by atomic mass is 9.71. The standard InChI is InChI=1S/C17H28N4O2.2ClH/c18-14-17(5-2-1-3-6-17)11-16(22)20-9-10-23-15(12-20)13-21-8-4-7-19-21;;/h4,7-8,15H,1-3,5-6,9-14,18H2;2*1H. The van der Waals surface area contributed by atoms with Crippen LogP contribution in [0.5, 0.6) is 0 Å². The molecule has 1 saturated heterocycles. The van der Waals surface area contributed by atoms with Gasteiger partial charge >= 0.3 is 0 Å². The summed E-state index contributed by atoms with van der Waals surface area (Å²) in [4.78, 5) is 14.7. The fraction of sp³-hybridized carbons (Fsp3) is 0.765. The third-order valence-corrected chi connectivity index (χ3v) is 5.31. The molecule has 0 radical (unpaired) electrons. The van der Waals surface area contributed by atoms with Crippen LogP contribution in [0.15, 0.2) is 18.5 Å². The molecule has 2 aliphatic rings.